The number of aromatic hydroxyl groups is 1. The fraction of sp³-hybridized carbons (Fsp3) is 0.150. The van der Waals surface area contributed by atoms with Crippen molar-refractivity contribution in [3.8, 4) is 11.5 Å². The first-order valence-corrected chi connectivity index (χ1v) is 8.65. The Hall–Kier alpha value is -3.32. The number of aryl methyl sites for hydroxylation is 2. The van der Waals surface area contributed by atoms with Crippen LogP contribution in [0.4, 0.5) is 10.5 Å². The number of phenolic OH excluding ortho intramolecular Hbond substituents is 1. The largest absolute Gasteiger partial charge is 0.503 e. The molecule has 2 N–H and O–H groups in total. The van der Waals surface area contributed by atoms with E-state index in [1.807, 2.05) is 19.9 Å². The number of hydrogen-bond acceptors (Lipinski definition) is 5. The van der Waals surface area contributed by atoms with E-state index < -0.39 is 17.8 Å². The van der Waals surface area contributed by atoms with Crippen LogP contribution < -0.4 is 15.0 Å². The summed E-state index contributed by atoms with van der Waals surface area (Å²) in [6.45, 7) is 3.69. The molecule has 1 aliphatic heterocycles. The monoisotopic (exact) mass is 400 g/mol. The normalized spacial score (nSPS) is 15.8. The van der Waals surface area contributed by atoms with Gasteiger partial charge in [0.15, 0.2) is 11.5 Å². The van der Waals surface area contributed by atoms with Gasteiger partial charge in [0.1, 0.15) is 5.57 Å². The molecular formula is C20H17ClN2O5. The highest BCUT2D eigenvalue weighted by Gasteiger charge is 2.37. The standard InChI is InChI=1S/C20H17ClN2O5/c1-10-4-11(2)6-13(5-10)23-19(26)14(18(25)22-20(23)27)7-12-8-15(21)17(24)16(9-12)28-3/h4-9,24H,1-3H3,(H,22,25,27). The van der Waals surface area contributed by atoms with Crippen molar-refractivity contribution >= 4 is 41.2 Å². The molecule has 0 radical (unpaired) electrons. The molecule has 0 aromatic heterocycles. The first kappa shape index (κ1) is 19.4. The average molecular weight is 401 g/mol. The summed E-state index contributed by atoms with van der Waals surface area (Å²) >= 11 is 5.96. The molecule has 2 aromatic rings. The lowest BCUT2D eigenvalue weighted by Crippen LogP contribution is -2.54. The maximum absolute atomic E-state index is 12.9. The molecule has 8 heteroatoms. The number of rotatable bonds is 3. The van der Waals surface area contributed by atoms with E-state index in [1.165, 1.54) is 25.3 Å². The first-order valence-electron chi connectivity index (χ1n) is 8.27. The number of anilines is 1. The van der Waals surface area contributed by atoms with E-state index in [1.54, 1.807) is 12.1 Å². The Morgan fingerprint density at radius 1 is 1.07 bits per heavy atom. The van der Waals surface area contributed by atoms with Crippen LogP contribution in [0, 0.1) is 13.8 Å². The summed E-state index contributed by atoms with van der Waals surface area (Å²) in [7, 11) is 1.35. The molecule has 144 valence electrons. The number of imide groups is 2. The molecule has 0 saturated carbocycles. The minimum Gasteiger partial charge on any atom is -0.503 e. The Morgan fingerprint density at radius 2 is 1.71 bits per heavy atom. The number of carbonyl (C=O) groups is 3. The number of nitrogens with one attached hydrogen (secondary N) is 1. The lowest BCUT2D eigenvalue weighted by Gasteiger charge is -2.27. The van der Waals surface area contributed by atoms with E-state index in [2.05, 4.69) is 5.32 Å². The summed E-state index contributed by atoms with van der Waals surface area (Å²) in [6.07, 6.45) is 1.29. The summed E-state index contributed by atoms with van der Waals surface area (Å²) in [5, 5.41) is 12.0. The Balaban J connectivity index is 2.07. The SMILES string of the molecule is COc1cc(C=C2C(=O)NC(=O)N(c3cc(C)cc(C)c3)C2=O)cc(Cl)c1O. The van der Waals surface area contributed by atoms with Crippen molar-refractivity contribution in [2.75, 3.05) is 12.0 Å². The number of ether oxygens (including phenoxy) is 1. The van der Waals surface area contributed by atoms with E-state index >= 15 is 0 Å². The van der Waals surface area contributed by atoms with E-state index in [0.29, 0.717) is 11.3 Å². The number of hydrogen-bond donors (Lipinski definition) is 2. The van der Waals surface area contributed by atoms with Gasteiger partial charge in [-0.1, -0.05) is 17.7 Å². The third kappa shape index (κ3) is 3.57. The fourth-order valence-electron chi connectivity index (χ4n) is 2.97. The van der Waals surface area contributed by atoms with Gasteiger partial charge in [0, 0.05) is 0 Å². The van der Waals surface area contributed by atoms with Gasteiger partial charge in [-0.3, -0.25) is 14.9 Å². The van der Waals surface area contributed by atoms with Crippen LogP contribution in [0.1, 0.15) is 16.7 Å². The highest BCUT2D eigenvalue weighted by Crippen LogP contribution is 2.36. The maximum Gasteiger partial charge on any atom is 0.335 e. The molecule has 4 amide bonds. The van der Waals surface area contributed by atoms with Crippen LogP contribution in [0.15, 0.2) is 35.9 Å². The van der Waals surface area contributed by atoms with Crippen molar-refractivity contribution in [2.45, 2.75) is 13.8 Å². The first-order chi connectivity index (χ1) is 13.2. The molecule has 1 heterocycles. The van der Waals surface area contributed by atoms with Crippen molar-refractivity contribution in [3.63, 3.8) is 0 Å². The molecule has 0 bridgehead atoms. The maximum atomic E-state index is 12.9. The smallest absolute Gasteiger partial charge is 0.335 e. The fourth-order valence-corrected chi connectivity index (χ4v) is 3.19. The predicted octanol–water partition coefficient (Wildman–Crippen LogP) is 3.34. The van der Waals surface area contributed by atoms with Crippen LogP contribution >= 0.6 is 11.6 Å². The summed E-state index contributed by atoms with van der Waals surface area (Å²) < 4.78 is 5.03. The Labute approximate surface area is 166 Å². The van der Waals surface area contributed by atoms with Crippen molar-refractivity contribution < 1.29 is 24.2 Å². The average Bonchev–Trinajstić information content (AvgIpc) is 2.60. The zero-order chi connectivity index (χ0) is 20.6. The second-order valence-corrected chi connectivity index (χ2v) is 6.76. The number of methoxy groups -OCH3 is 1. The van der Waals surface area contributed by atoms with Gasteiger partial charge in [-0.2, -0.15) is 0 Å². The lowest BCUT2D eigenvalue weighted by atomic mass is 10.0. The molecule has 1 saturated heterocycles. The summed E-state index contributed by atoms with van der Waals surface area (Å²) in [5.41, 5.74) is 2.20. The van der Waals surface area contributed by atoms with Crippen LogP contribution in [0.5, 0.6) is 11.5 Å². The Kier molecular flexibility index (Phi) is 5.11. The van der Waals surface area contributed by atoms with Gasteiger partial charge in [0.25, 0.3) is 11.8 Å². The van der Waals surface area contributed by atoms with Gasteiger partial charge >= 0.3 is 6.03 Å². The van der Waals surface area contributed by atoms with Crippen molar-refractivity contribution in [2.24, 2.45) is 0 Å². The molecule has 28 heavy (non-hydrogen) atoms. The minimum absolute atomic E-state index is 0.00268. The number of benzene rings is 2. The van der Waals surface area contributed by atoms with Crippen molar-refractivity contribution in [1.82, 2.24) is 5.32 Å². The number of phenols is 1. The van der Waals surface area contributed by atoms with E-state index in [0.717, 1.165) is 16.0 Å². The van der Waals surface area contributed by atoms with Crippen LogP contribution in [-0.2, 0) is 9.59 Å². The van der Waals surface area contributed by atoms with Gasteiger partial charge in [0.2, 0.25) is 0 Å². The van der Waals surface area contributed by atoms with Crippen molar-refractivity contribution in [1.29, 1.82) is 0 Å². The number of carbonyl (C=O) groups excluding carboxylic acids is 3. The third-order valence-corrected chi connectivity index (χ3v) is 4.44. The Bertz CT molecular complexity index is 1020. The third-order valence-electron chi connectivity index (χ3n) is 4.15. The number of urea groups is 1. The second kappa shape index (κ2) is 7.36. The van der Waals surface area contributed by atoms with Gasteiger partial charge in [-0.25, -0.2) is 9.69 Å². The Morgan fingerprint density at radius 3 is 2.32 bits per heavy atom. The number of halogens is 1. The molecule has 0 spiro atoms. The van der Waals surface area contributed by atoms with E-state index in [9.17, 15) is 19.5 Å². The van der Waals surface area contributed by atoms with Crippen LogP contribution in [-0.4, -0.2) is 30.1 Å². The molecule has 1 aliphatic rings. The number of barbiturate groups is 1. The molecule has 0 aliphatic carbocycles. The molecule has 1 fully saturated rings. The lowest BCUT2D eigenvalue weighted by molar-refractivity contribution is -0.122. The van der Waals surface area contributed by atoms with E-state index in [-0.39, 0.29) is 22.1 Å². The minimum atomic E-state index is -0.821. The zero-order valence-electron chi connectivity index (χ0n) is 15.4. The summed E-state index contributed by atoms with van der Waals surface area (Å²) in [6, 6.07) is 7.24. The highest BCUT2D eigenvalue weighted by molar-refractivity contribution is 6.39. The molecule has 2 aromatic carbocycles. The molecule has 0 atom stereocenters. The van der Waals surface area contributed by atoms with Crippen LogP contribution in [0.25, 0.3) is 6.08 Å². The molecule has 7 nitrogen and oxygen atoms in total. The van der Waals surface area contributed by atoms with Gasteiger partial charge in [-0.15, -0.1) is 0 Å². The van der Waals surface area contributed by atoms with Crippen LogP contribution in [0.3, 0.4) is 0 Å². The number of amides is 4. The number of nitrogens with zero attached hydrogens (tertiary/aromatic N) is 1. The molecule has 3 rings (SSSR count). The van der Waals surface area contributed by atoms with Gasteiger partial charge < -0.3 is 9.84 Å². The topological polar surface area (TPSA) is 95.9 Å². The van der Waals surface area contributed by atoms with Crippen molar-refractivity contribution in [3.05, 3.63) is 57.6 Å². The predicted molar refractivity (Wildman–Crippen MR) is 105 cm³/mol. The van der Waals surface area contributed by atoms with Gasteiger partial charge in [-0.05, 0) is 60.9 Å². The second-order valence-electron chi connectivity index (χ2n) is 6.36. The molecule has 0 unspecified atom stereocenters. The quantitative estimate of drug-likeness (QED) is 0.608. The molecular weight excluding hydrogens is 384 g/mol. The summed E-state index contributed by atoms with van der Waals surface area (Å²) in [4.78, 5) is 38.4. The highest BCUT2D eigenvalue weighted by atomic mass is 35.5. The zero-order valence-corrected chi connectivity index (χ0v) is 16.1. The van der Waals surface area contributed by atoms with Crippen LogP contribution in [0.2, 0.25) is 5.02 Å². The van der Waals surface area contributed by atoms with E-state index in [4.69, 9.17) is 16.3 Å². The van der Waals surface area contributed by atoms with Gasteiger partial charge in [0.05, 0.1) is 17.8 Å². The summed E-state index contributed by atoms with van der Waals surface area (Å²) in [5.74, 6) is -1.75.